The Kier molecular flexibility index (Phi) is 7.87. The normalized spacial score (nSPS) is 18.8. The molecule has 2 aromatic carbocycles. The Bertz CT molecular complexity index is 1430. The lowest BCUT2D eigenvalue weighted by atomic mass is 9.84. The second-order valence-electron chi connectivity index (χ2n) is 9.44. The van der Waals surface area contributed by atoms with Crippen LogP contribution in [0.4, 0.5) is 0 Å². The van der Waals surface area contributed by atoms with Crippen LogP contribution in [-0.2, 0) is 21.4 Å². The molecule has 0 amide bonds. The molecule has 0 spiro atoms. The Morgan fingerprint density at radius 2 is 1.89 bits per heavy atom. The largest absolute Gasteiger partial charge is 0.488 e. The molecule has 1 N–H and O–H groups in total. The third-order valence-corrected chi connectivity index (χ3v) is 9.99. The van der Waals surface area contributed by atoms with Gasteiger partial charge in [-0.1, -0.05) is 44.2 Å². The maximum Gasteiger partial charge on any atom is 0.307 e. The number of carbonyl (C=O) groups is 2. The lowest BCUT2D eigenvalue weighted by Crippen LogP contribution is -2.36. The van der Waals surface area contributed by atoms with Crippen molar-refractivity contribution < 1.29 is 27.9 Å². The first-order valence-electron chi connectivity index (χ1n) is 12.2. The van der Waals surface area contributed by atoms with E-state index in [-0.39, 0.29) is 29.9 Å². The summed E-state index contributed by atoms with van der Waals surface area (Å²) in [5.41, 5.74) is 2.47. The summed E-state index contributed by atoms with van der Waals surface area (Å²) >= 11 is 1.30. The van der Waals surface area contributed by atoms with Crippen molar-refractivity contribution in [3.05, 3.63) is 81.0 Å². The van der Waals surface area contributed by atoms with Gasteiger partial charge in [0.1, 0.15) is 16.7 Å². The lowest BCUT2D eigenvalue weighted by molar-refractivity contribution is -0.141. The van der Waals surface area contributed by atoms with E-state index in [9.17, 15) is 23.1 Å². The lowest BCUT2D eigenvalue weighted by Gasteiger charge is -2.25. The molecule has 2 unspecified atom stereocenters. The van der Waals surface area contributed by atoms with Crippen LogP contribution >= 0.6 is 11.3 Å². The number of thiophene rings is 1. The molecule has 9 heteroatoms. The van der Waals surface area contributed by atoms with Crippen molar-refractivity contribution in [1.82, 2.24) is 4.31 Å². The fourth-order valence-electron chi connectivity index (χ4n) is 4.60. The number of benzene rings is 2. The number of hydrogen-bond acceptors (Lipinski definition) is 6. The van der Waals surface area contributed by atoms with Gasteiger partial charge < -0.3 is 9.84 Å². The number of carboxylic acid groups (broad SMARTS) is 1. The molecule has 1 aromatic heterocycles. The summed E-state index contributed by atoms with van der Waals surface area (Å²) in [4.78, 5) is 25.4. The minimum atomic E-state index is -3.82. The van der Waals surface area contributed by atoms with E-state index in [1.54, 1.807) is 37.3 Å². The van der Waals surface area contributed by atoms with Crippen molar-refractivity contribution in [2.24, 2.45) is 5.92 Å². The van der Waals surface area contributed by atoms with Crippen LogP contribution in [0.3, 0.4) is 0 Å². The molecule has 37 heavy (non-hydrogen) atoms. The van der Waals surface area contributed by atoms with E-state index in [2.05, 4.69) is 0 Å². The highest BCUT2D eigenvalue weighted by Gasteiger charge is 2.35. The van der Waals surface area contributed by atoms with Gasteiger partial charge in [-0.2, -0.15) is 4.31 Å². The average molecular weight is 542 g/mol. The van der Waals surface area contributed by atoms with Crippen molar-refractivity contribution in [3.8, 4) is 5.75 Å². The van der Waals surface area contributed by atoms with E-state index in [0.29, 0.717) is 17.0 Å². The van der Waals surface area contributed by atoms with Crippen LogP contribution < -0.4 is 4.74 Å². The molecule has 4 rings (SSSR count). The Labute approximate surface area is 221 Å². The minimum absolute atomic E-state index is 0.0677. The summed E-state index contributed by atoms with van der Waals surface area (Å²) < 4.78 is 34.8. The van der Waals surface area contributed by atoms with Crippen molar-refractivity contribution >= 4 is 33.1 Å². The molecule has 2 heterocycles. The Balaban J connectivity index is 1.75. The van der Waals surface area contributed by atoms with E-state index in [4.69, 9.17) is 4.74 Å². The predicted molar refractivity (Wildman–Crippen MR) is 143 cm³/mol. The molecule has 0 saturated carbocycles. The van der Waals surface area contributed by atoms with Crippen LogP contribution in [0, 0.1) is 12.8 Å². The van der Waals surface area contributed by atoms with Gasteiger partial charge in [0.25, 0.3) is 0 Å². The van der Waals surface area contributed by atoms with E-state index in [1.807, 2.05) is 38.1 Å². The number of hydrogen-bond donors (Lipinski definition) is 1. The highest BCUT2D eigenvalue weighted by Crippen LogP contribution is 2.38. The molecule has 3 aromatic rings. The Hall–Kier alpha value is -3.01. The fourth-order valence-corrected chi connectivity index (χ4v) is 7.31. The van der Waals surface area contributed by atoms with Crippen molar-refractivity contribution in [1.29, 1.82) is 0 Å². The predicted octanol–water partition coefficient (Wildman–Crippen LogP) is 5.47. The van der Waals surface area contributed by atoms with Gasteiger partial charge in [0, 0.05) is 17.3 Å². The molecule has 0 bridgehead atoms. The molecule has 1 aliphatic heterocycles. The maximum atomic E-state index is 13.6. The smallest absolute Gasteiger partial charge is 0.307 e. The molecule has 0 fully saturated rings. The number of Topliss-reactive ketones (excluding diaryl/α,β-unsaturated/α-hetero) is 1. The number of nitrogens with zero attached hydrogens (tertiary/aromatic N) is 1. The van der Waals surface area contributed by atoms with Crippen LogP contribution in [0.15, 0.2) is 59.5 Å². The summed E-state index contributed by atoms with van der Waals surface area (Å²) in [5, 5.41) is 9.86. The summed E-state index contributed by atoms with van der Waals surface area (Å²) in [6.07, 6.45) is 0.354. The van der Waals surface area contributed by atoms with Crippen LogP contribution in [0.25, 0.3) is 0 Å². The van der Waals surface area contributed by atoms with Crippen molar-refractivity contribution in [2.45, 2.75) is 57.6 Å². The zero-order chi connectivity index (χ0) is 26.9. The van der Waals surface area contributed by atoms with Crippen molar-refractivity contribution in [3.63, 3.8) is 0 Å². The molecular weight excluding hydrogens is 510 g/mol. The SMILES string of the molecule is CC[C@@H]1CN(Cc2cc(C(c3ccc(C(C)=O)s3)C(C)C(=O)O)ccc2C)S(=O)(=O)c2ccccc2O1. The molecule has 0 saturated heterocycles. The Morgan fingerprint density at radius 1 is 1.16 bits per heavy atom. The van der Waals surface area contributed by atoms with Gasteiger partial charge in [-0.15, -0.1) is 11.3 Å². The quantitative estimate of drug-likeness (QED) is 0.379. The summed E-state index contributed by atoms with van der Waals surface area (Å²) in [7, 11) is -3.82. The summed E-state index contributed by atoms with van der Waals surface area (Å²) in [6.45, 7) is 7.36. The summed E-state index contributed by atoms with van der Waals surface area (Å²) in [6, 6.07) is 15.9. The number of sulfonamides is 1. The van der Waals surface area contributed by atoms with Crippen LogP contribution in [0.5, 0.6) is 5.75 Å². The van der Waals surface area contributed by atoms with Gasteiger partial charge in [-0.05, 0) is 61.2 Å². The number of ether oxygens (including phenoxy) is 1. The minimum Gasteiger partial charge on any atom is -0.488 e. The zero-order valence-corrected chi connectivity index (χ0v) is 22.9. The molecule has 1 aliphatic rings. The highest BCUT2D eigenvalue weighted by atomic mass is 32.2. The summed E-state index contributed by atoms with van der Waals surface area (Å²) in [5.74, 6) is -1.89. The van der Waals surface area contributed by atoms with Gasteiger partial charge in [0.05, 0.1) is 17.3 Å². The molecule has 0 aliphatic carbocycles. The van der Waals surface area contributed by atoms with Crippen molar-refractivity contribution in [2.75, 3.05) is 6.54 Å². The third kappa shape index (κ3) is 5.49. The topological polar surface area (TPSA) is 101 Å². The number of rotatable bonds is 8. The highest BCUT2D eigenvalue weighted by molar-refractivity contribution is 7.89. The van der Waals surface area contributed by atoms with Gasteiger partial charge in [-0.3, -0.25) is 9.59 Å². The Morgan fingerprint density at radius 3 is 2.54 bits per heavy atom. The zero-order valence-electron chi connectivity index (χ0n) is 21.3. The number of ketones is 1. The van der Waals surface area contributed by atoms with Gasteiger partial charge in [0.15, 0.2) is 5.78 Å². The van der Waals surface area contributed by atoms with Gasteiger partial charge in [-0.25, -0.2) is 8.42 Å². The first-order valence-corrected chi connectivity index (χ1v) is 14.5. The molecule has 3 atom stereocenters. The fraction of sp³-hybridized carbons (Fsp3) is 0.357. The van der Waals surface area contributed by atoms with Crippen LogP contribution in [-0.4, -0.2) is 42.2 Å². The van der Waals surface area contributed by atoms with E-state index < -0.39 is 27.8 Å². The number of fused-ring (bicyclic) bond motifs is 1. The first-order chi connectivity index (χ1) is 17.5. The average Bonchev–Trinajstić information content (AvgIpc) is 3.31. The van der Waals surface area contributed by atoms with Gasteiger partial charge in [0.2, 0.25) is 10.0 Å². The number of carbonyl (C=O) groups excluding carboxylic acids is 1. The number of aliphatic carboxylic acids is 1. The van der Waals surface area contributed by atoms with Crippen LogP contribution in [0.1, 0.15) is 64.3 Å². The molecule has 196 valence electrons. The third-order valence-electron chi connectivity index (χ3n) is 6.87. The second kappa shape index (κ2) is 10.8. The second-order valence-corrected chi connectivity index (χ2v) is 12.5. The maximum absolute atomic E-state index is 13.6. The standard InChI is InChI=1S/C28H31NO6S2/c1-5-22-16-29(37(33,34)26-9-7-6-8-23(26)35-22)15-21-14-20(11-10-17(21)2)27(18(3)28(31)32)25-13-12-24(36-25)19(4)30/h6-14,18,22,27H,5,15-16H2,1-4H3,(H,31,32)/t18?,22-,27?/m1/s1. The molecular formula is C28H31NO6S2. The van der Waals surface area contributed by atoms with E-state index in [1.165, 1.54) is 22.6 Å². The molecule has 0 radical (unpaired) electrons. The van der Waals surface area contributed by atoms with E-state index in [0.717, 1.165) is 21.6 Å². The number of para-hydroxylation sites is 1. The van der Waals surface area contributed by atoms with Gasteiger partial charge >= 0.3 is 5.97 Å². The monoisotopic (exact) mass is 541 g/mol. The molecule has 7 nitrogen and oxygen atoms in total. The van der Waals surface area contributed by atoms with E-state index >= 15 is 0 Å². The first kappa shape index (κ1) is 27.0. The number of carboxylic acids is 1. The number of aryl methyl sites for hydroxylation is 1. The van der Waals surface area contributed by atoms with Crippen LogP contribution in [0.2, 0.25) is 0 Å².